The summed E-state index contributed by atoms with van der Waals surface area (Å²) in [5, 5.41) is 10.4. The van der Waals surface area contributed by atoms with Crippen molar-refractivity contribution in [2.24, 2.45) is 0 Å². The van der Waals surface area contributed by atoms with Gasteiger partial charge in [0.1, 0.15) is 10.8 Å². The molecule has 26 heavy (non-hydrogen) atoms. The number of benzene rings is 1. The topological polar surface area (TPSA) is 86.0 Å². The molecular weight excluding hydrogens is 390 g/mol. The third-order valence-corrected chi connectivity index (χ3v) is 6.58. The number of rotatable bonds is 6. The smallest absolute Gasteiger partial charge is 0.242 e. The molecule has 0 aliphatic heterocycles. The van der Waals surface area contributed by atoms with E-state index in [4.69, 9.17) is 4.52 Å². The van der Waals surface area contributed by atoms with Gasteiger partial charge in [-0.3, -0.25) is 0 Å². The molecule has 0 radical (unpaired) electrons. The summed E-state index contributed by atoms with van der Waals surface area (Å²) >= 11 is 3.02. The van der Waals surface area contributed by atoms with Crippen LogP contribution in [0, 0.1) is 0 Å². The zero-order chi connectivity index (χ0) is 18.0. The number of nitrogens with zero attached hydrogens (tertiary/aromatic N) is 3. The van der Waals surface area contributed by atoms with E-state index in [1.54, 1.807) is 16.7 Å². The summed E-state index contributed by atoms with van der Waals surface area (Å²) in [6.07, 6.45) is 0. The maximum atomic E-state index is 12.4. The summed E-state index contributed by atoms with van der Waals surface area (Å²) in [6, 6.07) is 11.2. The fraction of sp³-hybridized carbons (Fsp3) is 0.118. The largest absolute Gasteiger partial charge is 0.338 e. The monoisotopic (exact) mass is 403 g/mol. The first-order valence-electron chi connectivity index (χ1n) is 7.64. The van der Waals surface area contributed by atoms with E-state index >= 15 is 0 Å². The van der Waals surface area contributed by atoms with Gasteiger partial charge in [0.25, 0.3) is 0 Å². The highest BCUT2D eigenvalue weighted by Gasteiger charge is 2.20. The van der Waals surface area contributed by atoms with Gasteiger partial charge in [-0.15, -0.1) is 11.3 Å². The van der Waals surface area contributed by atoms with Gasteiger partial charge >= 0.3 is 0 Å². The Morgan fingerprint density at radius 2 is 1.81 bits per heavy atom. The average Bonchev–Trinajstić information content (AvgIpc) is 3.36. The molecule has 0 aliphatic carbocycles. The van der Waals surface area contributed by atoms with E-state index in [-0.39, 0.29) is 17.4 Å². The fourth-order valence-corrected chi connectivity index (χ4v) is 5.21. The molecule has 0 unspecified atom stereocenters. The number of thiazole rings is 1. The van der Waals surface area contributed by atoms with E-state index in [9.17, 15) is 8.42 Å². The van der Waals surface area contributed by atoms with Crippen molar-refractivity contribution in [1.29, 1.82) is 0 Å². The maximum absolute atomic E-state index is 12.4. The minimum absolute atomic E-state index is 0.0807. The molecule has 0 saturated heterocycles. The zero-order valence-corrected chi connectivity index (χ0v) is 15.9. The third-order valence-electron chi connectivity index (χ3n) is 3.53. The van der Waals surface area contributed by atoms with Gasteiger partial charge in [0.15, 0.2) is 9.84 Å². The number of hydrogen-bond donors (Lipinski definition) is 0. The summed E-state index contributed by atoms with van der Waals surface area (Å²) in [5.41, 5.74) is 2.31. The quantitative estimate of drug-likeness (QED) is 0.483. The van der Waals surface area contributed by atoms with Crippen LogP contribution in [-0.4, -0.2) is 23.5 Å². The molecule has 9 heteroatoms. The molecule has 0 fully saturated rings. The Bertz CT molecular complexity index is 1100. The number of aromatic nitrogens is 3. The van der Waals surface area contributed by atoms with Crippen LogP contribution < -0.4 is 0 Å². The Labute approximate surface area is 158 Å². The molecule has 3 heterocycles. The van der Waals surface area contributed by atoms with Gasteiger partial charge in [0.2, 0.25) is 11.7 Å². The molecule has 0 amide bonds. The lowest BCUT2D eigenvalue weighted by atomic mass is 10.2. The van der Waals surface area contributed by atoms with Crippen molar-refractivity contribution in [2.75, 3.05) is 0 Å². The predicted octanol–water partition coefficient (Wildman–Crippen LogP) is 4.04. The lowest BCUT2D eigenvalue weighted by molar-refractivity contribution is 0.389. The van der Waals surface area contributed by atoms with E-state index in [1.807, 2.05) is 47.2 Å². The molecule has 0 saturated carbocycles. The molecular formula is C17H13N3O3S3. The summed E-state index contributed by atoms with van der Waals surface area (Å²) in [5.74, 6) is -0.00388. The van der Waals surface area contributed by atoms with Crippen LogP contribution in [-0.2, 0) is 21.3 Å². The highest BCUT2D eigenvalue weighted by Crippen LogP contribution is 2.26. The van der Waals surface area contributed by atoms with Gasteiger partial charge in [-0.1, -0.05) is 35.5 Å². The lowest BCUT2D eigenvalue weighted by Crippen LogP contribution is -2.08. The maximum Gasteiger partial charge on any atom is 0.242 e. The molecule has 1 aromatic carbocycles. The second kappa shape index (κ2) is 7.10. The van der Waals surface area contributed by atoms with Crippen LogP contribution in [0.25, 0.3) is 22.0 Å². The molecule has 0 bridgehead atoms. The van der Waals surface area contributed by atoms with E-state index in [1.165, 1.54) is 11.3 Å². The summed E-state index contributed by atoms with van der Waals surface area (Å²) < 4.78 is 30.0. The van der Waals surface area contributed by atoms with Gasteiger partial charge in [0.05, 0.1) is 11.4 Å². The lowest BCUT2D eigenvalue weighted by Gasteiger charge is -1.98. The summed E-state index contributed by atoms with van der Waals surface area (Å²) in [4.78, 5) is 8.59. The van der Waals surface area contributed by atoms with Crippen LogP contribution in [0.1, 0.15) is 11.6 Å². The first kappa shape index (κ1) is 17.1. The van der Waals surface area contributed by atoms with Crippen LogP contribution in [0.4, 0.5) is 0 Å². The molecule has 0 N–H and O–H groups in total. The molecule has 0 atom stereocenters. The normalized spacial score (nSPS) is 11.7. The molecule has 132 valence electrons. The van der Waals surface area contributed by atoms with Gasteiger partial charge in [-0.2, -0.15) is 16.3 Å². The molecule has 4 rings (SSSR count). The van der Waals surface area contributed by atoms with Crippen LogP contribution in [0.2, 0.25) is 0 Å². The van der Waals surface area contributed by atoms with Crippen LogP contribution in [0.3, 0.4) is 0 Å². The zero-order valence-electron chi connectivity index (χ0n) is 13.4. The van der Waals surface area contributed by atoms with Gasteiger partial charge in [-0.25, -0.2) is 13.4 Å². The van der Waals surface area contributed by atoms with Crippen LogP contribution in [0.5, 0.6) is 0 Å². The average molecular weight is 404 g/mol. The van der Waals surface area contributed by atoms with Gasteiger partial charge in [-0.05, 0) is 11.4 Å². The van der Waals surface area contributed by atoms with Gasteiger partial charge < -0.3 is 4.52 Å². The number of sulfone groups is 1. The Morgan fingerprint density at radius 3 is 2.58 bits per heavy atom. The van der Waals surface area contributed by atoms with E-state index in [0.29, 0.717) is 11.5 Å². The minimum Gasteiger partial charge on any atom is -0.338 e. The van der Waals surface area contributed by atoms with Crippen molar-refractivity contribution in [2.45, 2.75) is 11.5 Å². The third kappa shape index (κ3) is 3.90. The first-order valence-corrected chi connectivity index (χ1v) is 11.3. The van der Waals surface area contributed by atoms with Crippen LogP contribution in [0.15, 0.2) is 57.1 Å². The Morgan fingerprint density at radius 1 is 0.962 bits per heavy atom. The predicted molar refractivity (Wildman–Crippen MR) is 101 cm³/mol. The molecule has 0 spiro atoms. The highest BCUT2D eigenvalue weighted by molar-refractivity contribution is 7.89. The summed E-state index contributed by atoms with van der Waals surface area (Å²) in [7, 11) is -3.46. The van der Waals surface area contributed by atoms with Crippen LogP contribution >= 0.6 is 22.7 Å². The molecule has 3 aromatic heterocycles. The number of hydrogen-bond acceptors (Lipinski definition) is 8. The minimum atomic E-state index is -3.46. The first-order chi connectivity index (χ1) is 12.6. The fourth-order valence-electron chi connectivity index (χ4n) is 2.37. The SMILES string of the molecule is O=S(=O)(Cc1csc(-c2ccsc2)n1)Cc1nc(-c2ccccc2)no1. The standard InChI is InChI=1S/C17H13N3O3S3/c21-26(22,10-14-9-25-17(18-14)13-6-7-24-8-13)11-15-19-16(20-23-15)12-4-2-1-3-5-12/h1-9H,10-11H2. The summed E-state index contributed by atoms with van der Waals surface area (Å²) in [6.45, 7) is 0. The Balaban J connectivity index is 1.47. The molecule has 4 aromatic rings. The van der Waals surface area contributed by atoms with Crippen molar-refractivity contribution in [1.82, 2.24) is 15.1 Å². The van der Waals surface area contributed by atoms with E-state index < -0.39 is 9.84 Å². The Kier molecular flexibility index (Phi) is 4.66. The van der Waals surface area contributed by atoms with Gasteiger partial charge in [0, 0.05) is 21.9 Å². The second-order valence-electron chi connectivity index (χ2n) is 5.57. The second-order valence-corrected chi connectivity index (χ2v) is 9.27. The van der Waals surface area contributed by atoms with E-state index in [0.717, 1.165) is 16.1 Å². The molecule has 0 aliphatic rings. The Hall–Kier alpha value is -2.36. The van der Waals surface area contributed by atoms with Crippen molar-refractivity contribution >= 4 is 32.5 Å². The van der Waals surface area contributed by atoms with Crippen molar-refractivity contribution in [3.63, 3.8) is 0 Å². The van der Waals surface area contributed by atoms with E-state index in [2.05, 4.69) is 15.1 Å². The highest BCUT2D eigenvalue weighted by atomic mass is 32.2. The van der Waals surface area contributed by atoms with Crippen molar-refractivity contribution in [3.8, 4) is 22.0 Å². The molecule has 6 nitrogen and oxygen atoms in total. The number of thiophene rings is 1. The van der Waals surface area contributed by atoms with Crippen molar-refractivity contribution < 1.29 is 12.9 Å². The van der Waals surface area contributed by atoms with Crippen molar-refractivity contribution in [3.05, 3.63) is 64.1 Å².